The predicted octanol–water partition coefficient (Wildman–Crippen LogP) is 4.89. The van der Waals surface area contributed by atoms with E-state index in [0.717, 1.165) is 61.0 Å². The molecule has 1 saturated heterocycles. The number of para-hydroxylation sites is 2. The van der Waals surface area contributed by atoms with Crippen LogP contribution in [0.3, 0.4) is 0 Å². The average molecular weight is 430 g/mol. The molecule has 0 bridgehead atoms. The lowest BCUT2D eigenvalue weighted by Gasteiger charge is -2.36. The Kier molecular flexibility index (Phi) is 6.76. The second-order valence-corrected chi connectivity index (χ2v) is 8.46. The molecule has 1 aliphatic heterocycles. The minimum atomic E-state index is -0.0769. The Morgan fingerprint density at radius 2 is 1.56 bits per heavy atom. The van der Waals surface area contributed by atoms with E-state index < -0.39 is 0 Å². The van der Waals surface area contributed by atoms with Crippen LogP contribution in [0.15, 0.2) is 66.7 Å². The van der Waals surface area contributed by atoms with E-state index in [1.165, 1.54) is 5.56 Å². The molecule has 1 amide bonds. The first-order valence-electron chi connectivity index (χ1n) is 11.1. The largest absolute Gasteiger partial charge is 0.495 e. The van der Waals surface area contributed by atoms with Gasteiger partial charge in [0.25, 0.3) is 5.91 Å². The zero-order valence-corrected chi connectivity index (χ0v) is 19.1. The number of carbonyl (C=O) groups excluding carboxylic acids is 1. The Morgan fingerprint density at radius 3 is 2.22 bits per heavy atom. The summed E-state index contributed by atoms with van der Waals surface area (Å²) < 4.78 is 5.51. The van der Waals surface area contributed by atoms with Crippen molar-refractivity contribution in [2.45, 2.75) is 20.4 Å². The van der Waals surface area contributed by atoms with Crippen LogP contribution in [0.4, 0.5) is 11.4 Å². The number of piperazine rings is 1. The quantitative estimate of drug-likeness (QED) is 0.606. The van der Waals surface area contributed by atoms with Crippen molar-refractivity contribution in [3.05, 3.63) is 89.0 Å². The number of methoxy groups -OCH3 is 1. The second kappa shape index (κ2) is 9.88. The van der Waals surface area contributed by atoms with Crippen molar-refractivity contribution < 1.29 is 9.53 Å². The summed E-state index contributed by atoms with van der Waals surface area (Å²) in [5.41, 5.74) is 6.17. The van der Waals surface area contributed by atoms with Crippen LogP contribution in [0.2, 0.25) is 0 Å². The molecular formula is C27H31N3O2. The predicted molar refractivity (Wildman–Crippen MR) is 131 cm³/mol. The summed E-state index contributed by atoms with van der Waals surface area (Å²) in [5.74, 6) is 0.850. The zero-order valence-electron chi connectivity index (χ0n) is 19.1. The van der Waals surface area contributed by atoms with Gasteiger partial charge in [-0.3, -0.25) is 9.69 Å². The lowest BCUT2D eigenvalue weighted by Crippen LogP contribution is -2.46. The summed E-state index contributed by atoms with van der Waals surface area (Å²) in [5, 5.41) is 3.01. The van der Waals surface area contributed by atoms with Gasteiger partial charge in [0.15, 0.2) is 0 Å². The van der Waals surface area contributed by atoms with Crippen molar-refractivity contribution >= 4 is 17.3 Å². The van der Waals surface area contributed by atoms with Crippen LogP contribution >= 0.6 is 0 Å². The highest BCUT2D eigenvalue weighted by molar-refractivity contribution is 6.04. The van der Waals surface area contributed by atoms with Crippen molar-refractivity contribution in [2.24, 2.45) is 0 Å². The van der Waals surface area contributed by atoms with Gasteiger partial charge in [0.1, 0.15) is 5.75 Å². The third kappa shape index (κ3) is 5.29. The molecule has 1 heterocycles. The van der Waals surface area contributed by atoms with Gasteiger partial charge in [-0.05, 0) is 66.9 Å². The van der Waals surface area contributed by atoms with Gasteiger partial charge in [0, 0.05) is 44.0 Å². The molecule has 0 radical (unpaired) electrons. The number of ether oxygens (including phenoxy) is 1. The molecule has 3 aromatic rings. The molecule has 5 heteroatoms. The number of benzene rings is 3. The molecule has 0 aliphatic carbocycles. The number of hydrogen-bond donors (Lipinski definition) is 1. The summed E-state index contributed by atoms with van der Waals surface area (Å²) in [6.45, 7) is 8.88. The van der Waals surface area contributed by atoms with E-state index in [1.807, 2.05) is 50.2 Å². The molecule has 1 fully saturated rings. The van der Waals surface area contributed by atoms with E-state index in [2.05, 4.69) is 45.4 Å². The van der Waals surface area contributed by atoms with E-state index in [4.69, 9.17) is 4.74 Å². The van der Waals surface area contributed by atoms with E-state index in [1.54, 1.807) is 7.11 Å². The lowest BCUT2D eigenvalue weighted by molar-refractivity contribution is 0.102. The van der Waals surface area contributed by atoms with Crippen LogP contribution in [0.5, 0.6) is 5.75 Å². The number of nitrogens with zero attached hydrogens (tertiary/aromatic N) is 2. The molecule has 1 aliphatic rings. The van der Waals surface area contributed by atoms with Crippen LogP contribution in [-0.4, -0.2) is 44.1 Å². The number of hydrogen-bond acceptors (Lipinski definition) is 4. The molecule has 0 atom stereocenters. The monoisotopic (exact) mass is 429 g/mol. The van der Waals surface area contributed by atoms with E-state index in [-0.39, 0.29) is 5.91 Å². The summed E-state index contributed by atoms with van der Waals surface area (Å²) in [7, 11) is 1.72. The van der Waals surface area contributed by atoms with Gasteiger partial charge in [0.2, 0.25) is 0 Å². The van der Waals surface area contributed by atoms with Crippen LogP contribution in [0.25, 0.3) is 0 Å². The zero-order chi connectivity index (χ0) is 22.5. The topological polar surface area (TPSA) is 44.8 Å². The highest BCUT2D eigenvalue weighted by Gasteiger charge is 2.19. The molecule has 0 saturated carbocycles. The smallest absolute Gasteiger partial charge is 0.255 e. The number of rotatable bonds is 6. The highest BCUT2D eigenvalue weighted by atomic mass is 16.5. The maximum absolute atomic E-state index is 12.6. The summed E-state index contributed by atoms with van der Waals surface area (Å²) in [6.07, 6.45) is 0. The third-order valence-corrected chi connectivity index (χ3v) is 5.90. The first-order valence-corrected chi connectivity index (χ1v) is 11.1. The Labute approximate surface area is 190 Å². The van der Waals surface area contributed by atoms with Gasteiger partial charge in [-0.25, -0.2) is 0 Å². The second-order valence-electron chi connectivity index (χ2n) is 8.46. The van der Waals surface area contributed by atoms with E-state index in [0.29, 0.717) is 5.56 Å². The molecule has 3 aromatic carbocycles. The molecule has 4 rings (SSSR count). The fourth-order valence-corrected chi connectivity index (χ4v) is 4.31. The first-order chi connectivity index (χ1) is 15.5. The third-order valence-electron chi connectivity index (χ3n) is 5.90. The fourth-order valence-electron chi connectivity index (χ4n) is 4.31. The molecule has 32 heavy (non-hydrogen) atoms. The molecule has 1 N–H and O–H groups in total. The average Bonchev–Trinajstić information content (AvgIpc) is 2.79. The van der Waals surface area contributed by atoms with Crippen LogP contribution in [0.1, 0.15) is 27.0 Å². The molecule has 0 spiro atoms. The van der Waals surface area contributed by atoms with Gasteiger partial charge in [-0.15, -0.1) is 0 Å². The molecule has 0 aromatic heterocycles. The number of nitrogens with one attached hydrogen (secondary N) is 1. The molecule has 5 nitrogen and oxygen atoms in total. The van der Waals surface area contributed by atoms with Crippen LogP contribution < -0.4 is 15.0 Å². The van der Waals surface area contributed by atoms with Gasteiger partial charge in [-0.1, -0.05) is 30.3 Å². The Hall–Kier alpha value is -3.31. The number of anilines is 2. The Bertz CT molecular complexity index is 1050. The SMILES string of the molecule is COc1ccccc1N1CCN(Cc2ccc(C(=O)Nc3cc(C)cc(C)c3)cc2)CC1. The van der Waals surface area contributed by atoms with Crippen molar-refractivity contribution in [3.63, 3.8) is 0 Å². The number of aryl methyl sites for hydroxylation is 2. The fraction of sp³-hybridized carbons (Fsp3) is 0.296. The normalized spacial score (nSPS) is 14.3. The minimum absolute atomic E-state index is 0.0769. The van der Waals surface area contributed by atoms with Gasteiger partial charge in [-0.2, -0.15) is 0 Å². The number of amides is 1. The summed E-state index contributed by atoms with van der Waals surface area (Å²) >= 11 is 0. The summed E-state index contributed by atoms with van der Waals surface area (Å²) in [6, 6.07) is 22.2. The van der Waals surface area contributed by atoms with Gasteiger partial charge in [0.05, 0.1) is 12.8 Å². The van der Waals surface area contributed by atoms with Gasteiger partial charge < -0.3 is 15.0 Å². The highest BCUT2D eigenvalue weighted by Crippen LogP contribution is 2.28. The van der Waals surface area contributed by atoms with E-state index in [9.17, 15) is 4.79 Å². The Morgan fingerprint density at radius 1 is 0.906 bits per heavy atom. The van der Waals surface area contributed by atoms with E-state index >= 15 is 0 Å². The maximum Gasteiger partial charge on any atom is 0.255 e. The van der Waals surface area contributed by atoms with Crippen molar-refractivity contribution in [3.8, 4) is 5.75 Å². The van der Waals surface area contributed by atoms with Crippen molar-refractivity contribution in [1.29, 1.82) is 0 Å². The molecule has 0 unspecified atom stereocenters. The molecular weight excluding hydrogens is 398 g/mol. The van der Waals surface area contributed by atoms with Crippen molar-refractivity contribution in [1.82, 2.24) is 4.90 Å². The Balaban J connectivity index is 1.32. The lowest BCUT2D eigenvalue weighted by atomic mass is 10.1. The van der Waals surface area contributed by atoms with Crippen molar-refractivity contribution in [2.75, 3.05) is 43.5 Å². The first kappa shape index (κ1) is 21.9. The minimum Gasteiger partial charge on any atom is -0.495 e. The standard InChI is InChI=1S/C27H31N3O2/c1-20-16-21(2)18-24(17-20)28-27(31)23-10-8-22(9-11-23)19-29-12-14-30(15-13-29)25-6-4-5-7-26(25)32-3/h4-11,16-18H,12-15,19H2,1-3H3,(H,28,31). The van der Waals surface area contributed by atoms with Crippen LogP contribution in [-0.2, 0) is 6.54 Å². The molecule has 166 valence electrons. The van der Waals surface area contributed by atoms with Gasteiger partial charge >= 0.3 is 0 Å². The number of carbonyl (C=O) groups is 1. The van der Waals surface area contributed by atoms with Crippen LogP contribution in [0, 0.1) is 13.8 Å². The summed E-state index contributed by atoms with van der Waals surface area (Å²) in [4.78, 5) is 17.5. The maximum atomic E-state index is 12.6.